The summed E-state index contributed by atoms with van der Waals surface area (Å²) >= 11 is 0. The number of nitrogens with two attached hydrogens (primary N) is 1. The van der Waals surface area contributed by atoms with E-state index in [1.54, 1.807) is 6.92 Å². The first-order valence-electron chi connectivity index (χ1n) is 6.09. The van der Waals surface area contributed by atoms with Crippen molar-refractivity contribution in [1.82, 2.24) is 4.90 Å². The topological polar surface area (TPSA) is 66.6 Å². The Morgan fingerprint density at radius 1 is 1.56 bits per heavy atom. The maximum Gasteiger partial charge on any atom is 0.323 e. The zero-order valence-electron chi connectivity index (χ0n) is 10.6. The summed E-state index contributed by atoms with van der Waals surface area (Å²) < 4.78 is 0. The lowest BCUT2D eigenvalue weighted by Crippen LogP contribution is -2.45. The lowest BCUT2D eigenvalue weighted by molar-refractivity contribution is -0.142. The van der Waals surface area contributed by atoms with Crippen LogP contribution >= 0.6 is 0 Å². The first-order valence-corrected chi connectivity index (χ1v) is 6.09. The molecular weight excluding hydrogens is 204 g/mol. The Kier molecular flexibility index (Phi) is 4.33. The highest BCUT2D eigenvalue weighted by molar-refractivity contribution is 5.77. The predicted molar refractivity (Wildman–Crippen MR) is 64.3 cm³/mol. The molecule has 1 aliphatic heterocycles. The molecule has 16 heavy (non-hydrogen) atoms. The van der Waals surface area contributed by atoms with E-state index in [4.69, 9.17) is 10.8 Å². The maximum absolute atomic E-state index is 10.8. The number of hydrogen-bond acceptors (Lipinski definition) is 3. The first-order chi connectivity index (χ1) is 7.33. The van der Waals surface area contributed by atoms with Gasteiger partial charge in [-0.05, 0) is 45.6 Å². The van der Waals surface area contributed by atoms with Gasteiger partial charge in [-0.1, -0.05) is 6.92 Å². The van der Waals surface area contributed by atoms with Gasteiger partial charge < -0.3 is 15.7 Å². The van der Waals surface area contributed by atoms with Crippen molar-refractivity contribution in [3.63, 3.8) is 0 Å². The highest BCUT2D eigenvalue weighted by Crippen LogP contribution is 2.23. The number of nitrogens with zero attached hydrogens (tertiary/aromatic N) is 1. The van der Waals surface area contributed by atoms with Crippen LogP contribution in [0.25, 0.3) is 0 Å². The number of likely N-dealkylation sites (tertiary alicyclic amines) is 1. The Balaban J connectivity index is 2.28. The Morgan fingerprint density at radius 2 is 2.19 bits per heavy atom. The number of rotatable bonds is 5. The molecule has 4 nitrogen and oxygen atoms in total. The summed E-state index contributed by atoms with van der Waals surface area (Å²) in [5.41, 5.74) is 4.61. The lowest BCUT2D eigenvalue weighted by Gasteiger charge is -2.24. The van der Waals surface area contributed by atoms with Gasteiger partial charge in [-0.25, -0.2) is 0 Å². The number of carboxylic acids is 1. The van der Waals surface area contributed by atoms with Gasteiger partial charge in [-0.2, -0.15) is 0 Å². The van der Waals surface area contributed by atoms with Crippen LogP contribution in [0.2, 0.25) is 0 Å². The first kappa shape index (κ1) is 13.5. The standard InChI is InChI=1S/C12H24N2O2/c1-9-7-10(2)14(8-9)6-4-5-12(3,13)11(15)16/h9-10H,4-8,13H2,1-3H3,(H,15,16). The van der Waals surface area contributed by atoms with Crippen LogP contribution in [0.15, 0.2) is 0 Å². The van der Waals surface area contributed by atoms with Crippen molar-refractivity contribution in [3.05, 3.63) is 0 Å². The third-order valence-corrected chi connectivity index (χ3v) is 3.54. The van der Waals surface area contributed by atoms with E-state index in [0.29, 0.717) is 12.5 Å². The van der Waals surface area contributed by atoms with E-state index in [1.807, 2.05) is 0 Å². The average Bonchev–Trinajstić information content (AvgIpc) is 2.44. The minimum atomic E-state index is -1.07. The number of carboxylic acid groups (broad SMARTS) is 1. The van der Waals surface area contributed by atoms with Crippen LogP contribution in [0.3, 0.4) is 0 Å². The fraction of sp³-hybridized carbons (Fsp3) is 0.917. The van der Waals surface area contributed by atoms with Crippen LogP contribution in [0.4, 0.5) is 0 Å². The molecule has 94 valence electrons. The van der Waals surface area contributed by atoms with Crippen LogP contribution in [0.5, 0.6) is 0 Å². The summed E-state index contributed by atoms with van der Waals surface area (Å²) in [4.78, 5) is 13.3. The minimum Gasteiger partial charge on any atom is -0.480 e. The Hall–Kier alpha value is -0.610. The average molecular weight is 228 g/mol. The fourth-order valence-corrected chi connectivity index (χ4v) is 2.45. The van der Waals surface area contributed by atoms with Gasteiger partial charge in [0.25, 0.3) is 0 Å². The summed E-state index contributed by atoms with van der Waals surface area (Å²) in [6.45, 7) is 8.19. The molecule has 3 N–H and O–H groups in total. The molecule has 3 atom stereocenters. The molecule has 0 aromatic rings. The van der Waals surface area contributed by atoms with E-state index in [0.717, 1.165) is 25.4 Å². The molecule has 1 saturated heterocycles. The zero-order valence-corrected chi connectivity index (χ0v) is 10.6. The Morgan fingerprint density at radius 3 is 2.62 bits per heavy atom. The highest BCUT2D eigenvalue weighted by Gasteiger charge is 2.29. The molecule has 0 aromatic carbocycles. The van der Waals surface area contributed by atoms with Crippen molar-refractivity contribution >= 4 is 5.97 Å². The zero-order chi connectivity index (χ0) is 12.3. The summed E-state index contributed by atoms with van der Waals surface area (Å²) in [6, 6.07) is 0.629. The van der Waals surface area contributed by atoms with Gasteiger partial charge in [-0.3, -0.25) is 4.79 Å². The van der Waals surface area contributed by atoms with E-state index >= 15 is 0 Å². The molecule has 3 unspecified atom stereocenters. The predicted octanol–water partition coefficient (Wildman–Crippen LogP) is 1.30. The number of aliphatic carboxylic acids is 1. The largest absolute Gasteiger partial charge is 0.480 e. The second-order valence-corrected chi connectivity index (χ2v) is 5.51. The van der Waals surface area contributed by atoms with Gasteiger partial charge in [0.05, 0.1) is 0 Å². The number of hydrogen-bond donors (Lipinski definition) is 2. The van der Waals surface area contributed by atoms with Crippen molar-refractivity contribution in [1.29, 1.82) is 0 Å². The van der Waals surface area contributed by atoms with Gasteiger partial charge >= 0.3 is 5.97 Å². The molecule has 0 spiro atoms. The van der Waals surface area contributed by atoms with Crippen LogP contribution in [-0.2, 0) is 4.79 Å². The molecule has 0 bridgehead atoms. The lowest BCUT2D eigenvalue weighted by atomic mass is 9.97. The molecule has 0 radical (unpaired) electrons. The van der Waals surface area contributed by atoms with E-state index in [9.17, 15) is 4.79 Å². The highest BCUT2D eigenvalue weighted by atomic mass is 16.4. The molecular formula is C12H24N2O2. The summed E-state index contributed by atoms with van der Waals surface area (Å²) in [7, 11) is 0. The van der Waals surface area contributed by atoms with E-state index < -0.39 is 11.5 Å². The van der Waals surface area contributed by atoms with Gasteiger partial charge in [0.2, 0.25) is 0 Å². The monoisotopic (exact) mass is 228 g/mol. The van der Waals surface area contributed by atoms with E-state index in [2.05, 4.69) is 18.7 Å². The van der Waals surface area contributed by atoms with Gasteiger partial charge in [-0.15, -0.1) is 0 Å². The van der Waals surface area contributed by atoms with Crippen molar-refractivity contribution < 1.29 is 9.90 Å². The minimum absolute atomic E-state index is 0.542. The molecule has 0 aliphatic carbocycles. The maximum atomic E-state index is 10.8. The molecule has 1 fully saturated rings. The molecule has 0 aromatic heterocycles. The Labute approximate surface area is 97.8 Å². The van der Waals surface area contributed by atoms with E-state index in [1.165, 1.54) is 6.42 Å². The molecule has 0 amide bonds. The quantitative estimate of drug-likeness (QED) is 0.744. The van der Waals surface area contributed by atoms with Gasteiger partial charge in [0.15, 0.2) is 0 Å². The molecule has 1 aliphatic rings. The summed E-state index contributed by atoms with van der Waals surface area (Å²) in [5.74, 6) is -0.144. The van der Waals surface area contributed by atoms with Gasteiger partial charge in [0.1, 0.15) is 5.54 Å². The SMILES string of the molecule is CC1CC(C)N(CCCC(C)(N)C(=O)O)C1. The van der Waals surface area contributed by atoms with Crippen LogP contribution < -0.4 is 5.73 Å². The number of carbonyl (C=O) groups is 1. The van der Waals surface area contributed by atoms with Crippen LogP contribution in [-0.4, -0.2) is 40.6 Å². The molecule has 1 heterocycles. The fourth-order valence-electron chi connectivity index (χ4n) is 2.45. The molecule has 1 rings (SSSR count). The third-order valence-electron chi connectivity index (χ3n) is 3.54. The summed E-state index contributed by atoms with van der Waals surface area (Å²) in [6.07, 6.45) is 2.65. The molecule has 0 saturated carbocycles. The van der Waals surface area contributed by atoms with Crippen molar-refractivity contribution in [3.8, 4) is 0 Å². The van der Waals surface area contributed by atoms with Gasteiger partial charge in [0, 0.05) is 12.6 Å². The van der Waals surface area contributed by atoms with Crippen LogP contribution in [0.1, 0.15) is 40.0 Å². The van der Waals surface area contributed by atoms with E-state index in [-0.39, 0.29) is 0 Å². The van der Waals surface area contributed by atoms with Crippen molar-refractivity contribution in [2.24, 2.45) is 11.7 Å². The smallest absolute Gasteiger partial charge is 0.323 e. The normalized spacial score (nSPS) is 30.2. The van der Waals surface area contributed by atoms with Crippen molar-refractivity contribution in [2.75, 3.05) is 13.1 Å². The second-order valence-electron chi connectivity index (χ2n) is 5.51. The third kappa shape index (κ3) is 3.46. The molecule has 4 heteroatoms. The Bertz CT molecular complexity index is 253. The second kappa shape index (κ2) is 5.15. The summed E-state index contributed by atoms with van der Waals surface area (Å²) in [5, 5.41) is 8.89. The van der Waals surface area contributed by atoms with Crippen LogP contribution in [0, 0.1) is 5.92 Å². The van der Waals surface area contributed by atoms with Crippen molar-refractivity contribution in [2.45, 2.75) is 51.6 Å².